The van der Waals surface area contributed by atoms with Crippen molar-refractivity contribution in [3.05, 3.63) is 51.2 Å². The fraction of sp³-hybridized carbons (Fsp3) is 0.333. The molecule has 0 aliphatic rings. The average molecular weight is 296 g/mol. The highest BCUT2D eigenvalue weighted by Crippen LogP contribution is 2.20. The summed E-state index contributed by atoms with van der Waals surface area (Å²) in [6.07, 6.45) is 1.08. The molecule has 0 fully saturated rings. The molecule has 1 aromatic heterocycles. The second-order valence-electron chi connectivity index (χ2n) is 4.34. The van der Waals surface area contributed by atoms with Crippen molar-refractivity contribution < 1.29 is 4.74 Å². The summed E-state index contributed by atoms with van der Waals surface area (Å²) in [6.45, 7) is 4.50. The lowest BCUT2D eigenvalue weighted by atomic mass is 10.2. The van der Waals surface area contributed by atoms with Crippen LogP contribution in [0.2, 0.25) is 5.02 Å². The van der Waals surface area contributed by atoms with E-state index in [1.165, 1.54) is 4.88 Å². The quantitative estimate of drug-likeness (QED) is 0.782. The van der Waals surface area contributed by atoms with Crippen LogP contribution in [0.15, 0.2) is 35.7 Å². The second kappa shape index (κ2) is 7.53. The third kappa shape index (κ3) is 4.86. The van der Waals surface area contributed by atoms with Gasteiger partial charge in [-0.2, -0.15) is 0 Å². The minimum Gasteiger partial charge on any atom is -0.492 e. The van der Waals surface area contributed by atoms with E-state index >= 15 is 0 Å². The molecule has 0 unspecified atom stereocenters. The molecule has 0 saturated heterocycles. The second-order valence-corrected chi connectivity index (χ2v) is 5.78. The van der Waals surface area contributed by atoms with Gasteiger partial charge in [0.25, 0.3) is 0 Å². The molecule has 4 heteroatoms. The summed E-state index contributed by atoms with van der Waals surface area (Å²) < 4.78 is 5.66. The highest BCUT2D eigenvalue weighted by atomic mass is 35.5. The Labute approximate surface area is 123 Å². The molecular formula is C15H18ClNOS. The lowest BCUT2D eigenvalue weighted by Gasteiger charge is -2.08. The van der Waals surface area contributed by atoms with Crippen LogP contribution in [-0.2, 0) is 6.42 Å². The SMILES string of the molecule is Cc1cc(OCCNCCc2cccs2)ccc1Cl. The van der Waals surface area contributed by atoms with Crippen LogP contribution in [0.25, 0.3) is 0 Å². The van der Waals surface area contributed by atoms with Crippen molar-refractivity contribution >= 4 is 22.9 Å². The van der Waals surface area contributed by atoms with Gasteiger partial charge in [-0.15, -0.1) is 11.3 Å². The fourth-order valence-electron chi connectivity index (χ4n) is 1.74. The van der Waals surface area contributed by atoms with Crippen LogP contribution in [0.3, 0.4) is 0 Å². The Kier molecular flexibility index (Phi) is 5.70. The predicted octanol–water partition coefficient (Wildman–Crippen LogP) is 3.92. The summed E-state index contributed by atoms with van der Waals surface area (Å²) in [7, 11) is 0. The van der Waals surface area contributed by atoms with Crippen molar-refractivity contribution in [2.24, 2.45) is 0 Å². The van der Waals surface area contributed by atoms with E-state index in [1.54, 1.807) is 11.3 Å². The van der Waals surface area contributed by atoms with Crippen molar-refractivity contribution in [3.8, 4) is 5.75 Å². The molecule has 1 aromatic carbocycles. The van der Waals surface area contributed by atoms with Gasteiger partial charge in [0.05, 0.1) is 0 Å². The van der Waals surface area contributed by atoms with Gasteiger partial charge in [0.2, 0.25) is 0 Å². The van der Waals surface area contributed by atoms with E-state index in [2.05, 4.69) is 22.8 Å². The monoisotopic (exact) mass is 295 g/mol. The van der Waals surface area contributed by atoms with Gasteiger partial charge in [0.1, 0.15) is 12.4 Å². The summed E-state index contributed by atoms with van der Waals surface area (Å²) in [4.78, 5) is 1.42. The van der Waals surface area contributed by atoms with Crippen molar-refractivity contribution in [2.75, 3.05) is 19.7 Å². The Morgan fingerprint density at radius 2 is 2.16 bits per heavy atom. The zero-order valence-electron chi connectivity index (χ0n) is 11.0. The van der Waals surface area contributed by atoms with Crippen molar-refractivity contribution in [1.29, 1.82) is 0 Å². The first-order valence-electron chi connectivity index (χ1n) is 6.38. The molecule has 1 heterocycles. The minimum atomic E-state index is 0.672. The summed E-state index contributed by atoms with van der Waals surface area (Å²) >= 11 is 7.77. The first-order chi connectivity index (χ1) is 9.25. The molecule has 19 heavy (non-hydrogen) atoms. The molecule has 0 bridgehead atoms. The van der Waals surface area contributed by atoms with Crippen LogP contribution in [0.4, 0.5) is 0 Å². The lowest BCUT2D eigenvalue weighted by molar-refractivity contribution is 0.314. The summed E-state index contributed by atoms with van der Waals surface area (Å²) in [6, 6.07) is 10.00. The zero-order chi connectivity index (χ0) is 13.5. The summed E-state index contributed by atoms with van der Waals surface area (Å²) in [5, 5.41) is 6.27. The molecule has 102 valence electrons. The maximum atomic E-state index is 5.97. The Hall–Kier alpha value is -1.03. The van der Waals surface area contributed by atoms with E-state index < -0.39 is 0 Å². The van der Waals surface area contributed by atoms with Gasteiger partial charge >= 0.3 is 0 Å². The van der Waals surface area contributed by atoms with Crippen LogP contribution in [0.5, 0.6) is 5.75 Å². The zero-order valence-corrected chi connectivity index (χ0v) is 12.6. The van der Waals surface area contributed by atoms with E-state index in [0.29, 0.717) is 6.61 Å². The number of thiophene rings is 1. The third-order valence-corrected chi connectivity index (χ3v) is 4.17. The van der Waals surface area contributed by atoms with Crippen LogP contribution in [0, 0.1) is 6.92 Å². The van der Waals surface area contributed by atoms with E-state index in [4.69, 9.17) is 16.3 Å². The van der Waals surface area contributed by atoms with Crippen LogP contribution in [-0.4, -0.2) is 19.7 Å². The van der Waals surface area contributed by atoms with Gasteiger partial charge in [-0.05, 0) is 48.6 Å². The molecule has 2 rings (SSSR count). The van der Waals surface area contributed by atoms with E-state index in [-0.39, 0.29) is 0 Å². The molecule has 2 aromatic rings. The van der Waals surface area contributed by atoms with Gasteiger partial charge in [-0.1, -0.05) is 17.7 Å². The molecule has 0 aliphatic carbocycles. The standard InChI is InChI=1S/C15H18ClNOS/c1-12-11-13(4-5-15(12)16)18-9-8-17-7-6-14-3-2-10-19-14/h2-5,10-11,17H,6-9H2,1H3. The molecular weight excluding hydrogens is 278 g/mol. The van der Waals surface area contributed by atoms with Gasteiger partial charge in [-0.3, -0.25) is 0 Å². The largest absolute Gasteiger partial charge is 0.492 e. The molecule has 0 amide bonds. The number of aryl methyl sites for hydroxylation is 1. The fourth-order valence-corrected chi connectivity index (χ4v) is 2.57. The molecule has 0 aliphatic heterocycles. The maximum absolute atomic E-state index is 5.97. The topological polar surface area (TPSA) is 21.3 Å². The molecule has 0 saturated carbocycles. The molecule has 2 nitrogen and oxygen atoms in total. The van der Waals surface area contributed by atoms with Gasteiger partial charge in [0.15, 0.2) is 0 Å². The predicted molar refractivity (Wildman–Crippen MR) is 82.6 cm³/mol. The lowest BCUT2D eigenvalue weighted by Crippen LogP contribution is -2.23. The Balaban J connectivity index is 1.60. The molecule has 0 radical (unpaired) electrons. The number of hydrogen-bond acceptors (Lipinski definition) is 3. The third-order valence-electron chi connectivity index (χ3n) is 2.81. The van der Waals surface area contributed by atoms with Gasteiger partial charge in [-0.25, -0.2) is 0 Å². The number of benzene rings is 1. The normalized spacial score (nSPS) is 10.6. The maximum Gasteiger partial charge on any atom is 0.119 e. The van der Waals surface area contributed by atoms with Gasteiger partial charge < -0.3 is 10.1 Å². The minimum absolute atomic E-state index is 0.672. The smallest absolute Gasteiger partial charge is 0.119 e. The average Bonchev–Trinajstić information content (AvgIpc) is 2.91. The number of rotatable bonds is 7. The number of nitrogens with one attached hydrogen (secondary N) is 1. The first kappa shape index (κ1) is 14.4. The van der Waals surface area contributed by atoms with Crippen LogP contribution < -0.4 is 10.1 Å². The highest BCUT2D eigenvalue weighted by Gasteiger charge is 1.98. The Morgan fingerprint density at radius 3 is 2.89 bits per heavy atom. The van der Waals surface area contributed by atoms with E-state index in [9.17, 15) is 0 Å². The van der Waals surface area contributed by atoms with Gasteiger partial charge in [0, 0.05) is 23.0 Å². The van der Waals surface area contributed by atoms with Crippen LogP contribution >= 0.6 is 22.9 Å². The first-order valence-corrected chi connectivity index (χ1v) is 7.63. The number of halogens is 1. The molecule has 0 spiro atoms. The van der Waals surface area contributed by atoms with Crippen molar-refractivity contribution in [2.45, 2.75) is 13.3 Å². The molecule has 0 atom stereocenters. The summed E-state index contributed by atoms with van der Waals surface area (Å²) in [5.41, 5.74) is 1.05. The van der Waals surface area contributed by atoms with Crippen LogP contribution in [0.1, 0.15) is 10.4 Å². The number of ether oxygens (including phenoxy) is 1. The highest BCUT2D eigenvalue weighted by molar-refractivity contribution is 7.09. The van der Waals surface area contributed by atoms with Crippen molar-refractivity contribution in [3.63, 3.8) is 0 Å². The number of hydrogen-bond donors (Lipinski definition) is 1. The van der Waals surface area contributed by atoms with E-state index in [1.807, 2.05) is 25.1 Å². The summed E-state index contributed by atoms with van der Waals surface area (Å²) in [5.74, 6) is 0.877. The Morgan fingerprint density at radius 1 is 1.26 bits per heavy atom. The van der Waals surface area contributed by atoms with E-state index in [0.717, 1.165) is 35.8 Å². The Bertz CT molecular complexity index is 499. The molecule has 1 N–H and O–H groups in total. The van der Waals surface area contributed by atoms with Crippen molar-refractivity contribution in [1.82, 2.24) is 5.32 Å².